The minimum Gasteiger partial charge on any atom is -0.319 e. The van der Waals surface area contributed by atoms with E-state index in [0.29, 0.717) is 0 Å². The van der Waals surface area contributed by atoms with Gasteiger partial charge in [-0.2, -0.15) is 0 Å². The Balaban J connectivity index is 2.39. The Kier molecular flexibility index (Phi) is 7.97. The van der Waals surface area contributed by atoms with Gasteiger partial charge in [0.15, 0.2) is 0 Å². The molecule has 1 heteroatoms. The standard InChI is InChI=1S/C17H35N/c1-5-6-7-8-9-16-12-15(14(2)3)10-11-17(16)13-18-4/h14-18H,5-13H2,1-4H3. The highest BCUT2D eigenvalue weighted by atomic mass is 14.8. The van der Waals surface area contributed by atoms with Gasteiger partial charge in [-0.15, -0.1) is 0 Å². The van der Waals surface area contributed by atoms with E-state index in [1.165, 1.54) is 57.9 Å². The van der Waals surface area contributed by atoms with E-state index in [1.807, 2.05) is 0 Å². The average Bonchev–Trinajstić information content (AvgIpc) is 2.36. The fourth-order valence-electron chi connectivity index (χ4n) is 3.69. The van der Waals surface area contributed by atoms with Crippen molar-refractivity contribution in [3.63, 3.8) is 0 Å². The molecular weight excluding hydrogens is 218 g/mol. The minimum atomic E-state index is 0.888. The summed E-state index contributed by atoms with van der Waals surface area (Å²) >= 11 is 0. The fraction of sp³-hybridized carbons (Fsp3) is 1.00. The van der Waals surface area contributed by atoms with Gasteiger partial charge in [-0.25, -0.2) is 0 Å². The molecule has 1 fully saturated rings. The van der Waals surface area contributed by atoms with Crippen molar-refractivity contribution in [3.05, 3.63) is 0 Å². The van der Waals surface area contributed by atoms with Crippen LogP contribution in [0.25, 0.3) is 0 Å². The van der Waals surface area contributed by atoms with Crippen molar-refractivity contribution >= 4 is 0 Å². The molecule has 1 rings (SSSR count). The number of rotatable bonds is 8. The van der Waals surface area contributed by atoms with E-state index >= 15 is 0 Å². The molecule has 0 radical (unpaired) electrons. The molecule has 1 nitrogen and oxygen atoms in total. The van der Waals surface area contributed by atoms with Crippen LogP contribution < -0.4 is 5.32 Å². The molecule has 1 N–H and O–H groups in total. The van der Waals surface area contributed by atoms with Crippen molar-refractivity contribution in [2.45, 2.75) is 72.1 Å². The van der Waals surface area contributed by atoms with E-state index < -0.39 is 0 Å². The van der Waals surface area contributed by atoms with Gasteiger partial charge in [0.05, 0.1) is 0 Å². The summed E-state index contributed by atoms with van der Waals surface area (Å²) < 4.78 is 0. The first-order chi connectivity index (χ1) is 8.69. The fourth-order valence-corrected chi connectivity index (χ4v) is 3.69. The smallest absolute Gasteiger partial charge is 0.00209 e. The Morgan fingerprint density at radius 3 is 2.44 bits per heavy atom. The quantitative estimate of drug-likeness (QED) is 0.609. The van der Waals surface area contributed by atoms with Gasteiger partial charge in [-0.3, -0.25) is 0 Å². The Hall–Kier alpha value is -0.0400. The first kappa shape index (κ1) is 16.0. The molecule has 18 heavy (non-hydrogen) atoms. The van der Waals surface area contributed by atoms with Crippen LogP contribution >= 0.6 is 0 Å². The number of hydrogen-bond acceptors (Lipinski definition) is 1. The van der Waals surface area contributed by atoms with E-state index in [4.69, 9.17) is 0 Å². The molecule has 3 unspecified atom stereocenters. The van der Waals surface area contributed by atoms with Crippen LogP contribution in [0.15, 0.2) is 0 Å². The third-order valence-electron chi connectivity index (χ3n) is 5.02. The number of unbranched alkanes of at least 4 members (excludes halogenated alkanes) is 3. The van der Waals surface area contributed by atoms with Crippen LogP contribution in [0.4, 0.5) is 0 Å². The Morgan fingerprint density at radius 2 is 1.83 bits per heavy atom. The van der Waals surface area contributed by atoms with Crippen molar-refractivity contribution in [1.82, 2.24) is 5.32 Å². The first-order valence-corrected chi connectivity index (χ1v) is 8.33. The molecule has 0 spiro atoms. The summed E-state index contributed by atoms with van der Waals surface area (Å²) in [5, 5.41) is 3.41. The normalized spacial score (nSPS) is 28.8. The summed E-state index contributed by atoms with van der Waals surface area (Å²) in [7, 11) is 2.11. The van der Waals surface area contributed by atoms with Gasteiger partial charge in [0.25, 0.3) is 0 Å². The third kappa shape index (κ3) is 5.30. The summed E-state index contributed by atoms with van der Waals surface area (Å²) in [5.74, 6) is 3.83. The molecule has 1 saturated carbocycles. The summed E-state index contributed by atoms with van der Waals surface area (Å²) in [6, 6.07) is 0. The summed E-state index contributed by atoms with van der Waals surface area (Å²) in [6.45, 7) is 8.37. The Bertz CT molecular complexity index is 200. The van der Waals surface area contributed by atoms with Crippen molar-refractivity contribution in [2.24, 2.45) is 23.7 Å². The molecule has 0 aromatic rings. The second kappa shape index (κ2) is 8.96. The van der Waals surface area contributed by atoms with Gasteiger partial charge in [0, 0.05) is 0 Å². The lowest BCUT2D eigenvalue weighted by Gasteiger charge is -2.38. The van der Waals surface area contributed by atoms with Gasteiger partial charge in [-0.05, 0) is 56.5 Å². The lowest BCUT2D eigenvalue weighted by Crippen LogP contribution is -2.33. The summed E-state index contributed by atoms with van der Waals surface area (Å²) in [6.07, 6.45) is 11.6. The first-order valence-electron chi connectivity index (χ1n) is 8.33. The van der Waals surface area contributed by atoms with Crippen molar-refractivity contribution in [1.29, 1.82) is 0 Å². The molecule has 0 saturated heterocycles. The number of nitrogens with one attached hydrogen (secondary N) is 1. The van der Waals surface area contributed by atoms with Crippen LogP contribution in [0, 0.1) is 23.7 Å². The highest BCUT2D eigenvalue weighted by Crippen LogP contribution is 2.39. The zero-order valence-corrected chi connectivity index (χ0v) is 13.2. The Labute approximate surface area is 115 Å². The molecule has 108 valence electrons. The highest BCUT2D eigenvalue weighted by molar-refractivity contribution is 4.82. The summed E-state index contributed by atoms with van der Waals surface area (Å²) in [4.78, 5) is 0. The molecule has 0 bridgehead atoms. The molecular formula is C17H35N. The van der Waals surface area contributed by atoms with E-state index in [1.54, 1.807) is 0 Å². The lowest BCUT2D eigenvalue weighted by molar-refractivity contribution is 0.137. The van der Waals surface area contributed by atoms with Gasteiger partial charge in [0.2, 0.25) is 0 Å². The van der Waals surface area contributed by atoms with Gasteiger partial charge in [0.1, 0.15) is 0 Å². The predicted molar refractivity (Wildman–Crippen MR) is 81.8 cm³/mol. The molecule has 0 aromatic heterocycles. The molecule has 1 aliphatic carbocycles. The van der Waals surface area contributed by atoms with Crippen LogP contribution in [0.3, 0.4) is 0 Å². The van der Waals surface area contributed by atoms with Crippen LogP contribution in [-0.2, 0) is 0 Å². The predicted octanol–water partition coefficient (Wildman–Crippen LogP) is 4.86. The van der Waals surface area contributed by atoms with Crippen molar-refractivity contribution in [2.75, 3.05) is 13.6 Å². The second-order valence-electron chi connectivity index (χ2n) is 6.74. The van der Waals surface area contributed by atoms with Gasteiger partial charge >= 0.3 is 0 Å². The van der Waals surface area contributed by atoms with Crippen molar-refractivity contribution in [3.8, 4) is 0 Å². The third-order valence-corrected chi connectivity index (χ3v) is 5.02. The van der Waals surface area contributed by atoms with E-state index in [-0.39, 0.29) is 0 Å². The second-order valence-corrected chi connectivity index (χ2v) is 6.74. The molecule has 0 aromatic carbocycles. The highest BCUT2D eigenvalue weighted by Gasteiger charge is 2.30. The maximum Gasteiger partial charge on any atom is -0.00209 e. The maximum atomic E-state index is 3.41. The van der Waals surface area contributed by atoms with Crippen LogP contribution in [-0.4, -0.2) is 13.6 Å². The largest absolute Gasteiger partial charge is 0.319 e. The summed E-state index contributed by atoms with van der Waals surface area (Å²) in [5.41, 5.74) is 0. The molecule has 3 atom stereocenters. The van der Waals surface area contributed by atoms with E-state index in [0.717, 1.165) is 23.7 Å². The molecule has 0 heterocycles. The van der Waals surface area contributed by atoms with Crippen LogP contribution in [0.5, 0.6) is 0 Å². The lowest BCUT2D eigenvalue weighted by atomic mass is 9.69. The van der Waals surface area contributed by atoms with Crippen LogP contribution in [0.1, 0.15) is 72.1 Å². The van der Waals surface area contributed by atoms with Gasteiger partial charge < -0.3 is 5.32 Å². The van der Waals surface area contributed by atoms with E-state index in [2.05, 4.69) is 33.1 Å². The number of hydrogen-bond donors (Lipinski definition) is 1. The molecule has 0 amide bonds. The van der Waals surface area contributed by atoms with Crippen LogP contribution in [0.2, 0.25) is 0 Å². The van der Waals surface area contributed by atoms with Crippen molar-refractivity contribution < 1.29 is 0 Å². The minimum absolute atomic E-state index is 0.888. The monoisotopic (exact) mass is 253 g/mol. The topological polar surface area (TPSA) is 12.0 Å². The van der Waals surface area contributed by atoms with E-state index in [9.17, 15) is 0 Å². The SMILES string of the molecule is CCCCCCC1CC(C(C)C)CCC1CNC. The maximum absolute atomic E-state index is 3.41. The zero-order chi connectivity index (χ0) is 13.4. The van der Waals surface area contributed by atoms with Gasteiger partial charge in [-0.1, -0.05) is 52.9 Å². The average molecular weight is 253 g/mol. The molecule has 0 aliphatic heterocycles. The Morgan fingerprint density at radius 1 is 1.06 bits per heavy atom. The molecule has 1 aliphatic rings. The zero-order valence-electron chi connectivity index (χ0n) is 13.2.